The van der Waals surface area contributed by atoms with Crippen LogP contribution >= 0.6 is 0 Å². The van der Waals surface area contributed by atoms with Gasteiger partial charge in [0.05, 0.1) is 0 Å². The van der Waals surface area contributed by atoms with Gasteiger partial charge < -0.3 is 10.0 Å². The summed E-state index contributed by atoms with van der Waals surface area (Å²) < 4.78 is 49.6. The Morgan fingerprint density at radius 2 is 1.78 bits per heavy atom. The van der Waals surface area contributed by atoms with Crippen molar-refractivity contribution in [1.29, 1.82) is 0 Å². The highest BCUT2D eigenvalue weighted by atomic mass is 19.3. The number of aliphatic carboxylic acids is 1. The minimum Gasteiger partial charge on any atom is -0.481 e. The number of carboxylic acid groups (broad SMARTS) is 1. The van der Waals surface area contributed by atoms with Gasteiger partial charge in [0.2, 0.25) is 0 Å². The molecule has 0 bridgehead atoms. The summed E-state index contributed by atoms with van der Waals surface area (Å²) in [6.45, 7) is -0.224. The number of carboxylic acids is 1. The highest BCUT2D eigenvalue weighted by Crippen LogP contribution is 2.28. The number of carbonyl (C=O) groups excluding carboxylic acids is 1. The molecule has 1 aliphatic rings. The number of amides is 1. The number of likely N-dealkylation sites (tertiary alicyclic amines) is 1. The molecule has 1 fully saturated rings. The molecule has 0 aromatic rings. The molecule has 0 atom stereocenters. The van der Waals surface area contributed by atoms with Gasteiger partial charge in [0.25, 0.3) is 5.91 Å². The van der Waals surface area contributed by atoms with Crippen molar-refractivity contribution in [3.8, 4) is 0 Å². The van der Waals surface area contributed by atoms with Crippen molar-refractivity contribution in [3.63, 3.8) is 0 Å². The lowest BCUT2D eigenvalue weighted by Crippen LogP contribution is -2.50. The van der Waals surface area contributed by atoms with Crippen LogP contribution in [0.5, 0.6) is 0 Å². The van der Waals surface area contributed by atoms with E-state index in [-0.39, 0.29) is 38.3 Å². The molecule has 0 radical (unpaired) electrons. The van der Waals surface area contributed by atoms with Crippen LogP contribution in [-0.4, -0.2) is 47.3 Å². The van der Waals surface area contributed by atoms with Crippen LogP contribution in [0.15, 0.2) is 0 Å². The van der Waals surface area contributed by atoms with Crippen molar-refractivity contribution in [2.24, 2.45) is 5.92 Å². The van der Waals surface area contributed by atoms with Crippen LogP contribution in [0, 0.1) is 5.92 Å². The van der Waals surface area contributed by atoms with Gasteiger partial charge in [-0.15, -0.1) is 0 Å². The minimum absolute atomic E-state index is 0.104. The fourth-order valence-corrected chi connectivity index (χ4v) is 1.89. The summed E-state index contributed by atoms with van der Waals surface area (Å²) in [6.07, 6.45) is -3.66. The third-order valence-corrected chi connectivity index (χ3v) is 2.92. The zero-order valence-corrected chi connectivity index (χ0v) is 9.41. The largest absolute Gasteiger partial charge is 0.481 e. The van der Waals surface area contributed by atoms with Crippen molar-refractivity contribution in [2.75, 3.05) is 13.1 Å². The first-order valence-electron chi connectivity index (χ1n) is 5.42. The van der Waals surface area contributed by atoms with Gasteiger partial charge in [-0.1, -0.05) is 0 Å². The summed E-state index contributed by atoms with van der Waals surface area (Å²) in [6, 6.07) is 0. The number of nitrogens with zero attached hydrogens (tertiary/aromatic N) is 1. The molecule has 1 heterocycles. The molecule has 8 heteroatoms. The van der Waals surface area contributed by atoms with E-state index in [2.05, 4.69) is 0 Å². The van der Waals surface area contributed by atoms with E-state index < -0.39 is 24.2 Å². The second kappa shape index (κ2) is 5.53. The Kier molecular flexibility index (Phi) is 4.53. The Morgan fingerprint density at radius 1 is 1.28 bits per heavy atom. The quantitative estimate of drug-likeness (QED) is 0.790. The molecule has 1 amide bonds. The Morgan fingerprint density at radius 3 is 2.17 bits per heavy atom. The lowest BCUT2D eigenvalue weighted by molar-refractivity contribution is -0.181. The summed E-state index contributed by atoms with van der Waals surface area (Å²) in [4.78, 5) is 22.3. The van der Waals surface area contributed by atoms with Crippen molar-refractivity contribution < 1.29 is 32.3 Å². The molecule has 1 aliphatic heterocycles. The molecule has 1 rings (SSSR count). The number of carbonyl (C=O) groups is 2. The van der Waals surface area contributed by atoms with E-state index in [1.54, 1.807) is 0 Å². The zero-order valence-electron chi connectivity index (χ0n) is 9.41. The summed E-state index contributed by atoms with van der Waals surface area (Å²) in [7, 11) is 0. The van der Waals surface area contributed by atoms with E-state index in [4.69, 9.17) is 5.11 Å². The molecule has 0 spiro atoms. The highest BCUT2D eigenvalue weighted by molar-refractivity contribution is 5.84. The maximum absolute atomic E-state index is 12.8. The molecule has 104 valence electrons. The Balaban J connectivity index is 2.53. The van der Waals surface area contributed by atoms with Crippen molar-refractivity contribution in [1.82, 2.24) is 4.90 Å². The van der Waals surface area contributed by atoms with Crippen molar-refractivity contribution in [3.05, 3.63) is 0 Å². The second-order valence-electron chi connectivity index (χ2n) is 4.26. The fraction of sp³-hybridized carbons (Fsp3) is 0.800. The molecule has 0 aromatic carbocycles. The maximum Gasteiger partial charge on any atom is 0.383 e. The highest BCUT2D eigenvalue weighted by Gasteiger charge is 2.51. The standard InChI is InChI=1S/C10H13F4NO3/c11-8(12)10(13,14)9(18)15-3-1-6(2-4-15)5-7(16)17/h6,8H,1-5H2,(H,16,17). The monoisotopic (exact) mass is 271 g/mol. The maximum atomic E-state index is 12.8. The number of rotatable bonds is 4. The third-order valence-electron chi connectivity index (χ3n) is 2.92. The first-order valence-corrected chi connectivity index (χ1v) is 5.42. The molecule has 4 nitrogen and oxygen atoms in total. The number of halogens is 4. The van der Waals surface area contributed by atoms with Crippen LogP contribution in [-0.2, 0) is 9.59 Å². The number of alkyl halides is 4. The summed E-state index contributed by atoms with van der Waals surface area (Å²) in [5.41, 5.74) is 0. The normalized spacial score (nSPS) is 18.2. The van der Waals surface area contributed by atoms with Crippen LogP contribution < -0.4 is 0 Å². The Bertz CT molecular complexity index is 327. The smallest absolute Gasteiger partial charge is 0.383 e. The number of piperidine rings is 1. The molecule has 0 saturated carbocycles. The van der Waals surface area contributed by atoms with E-state index in [1.165, 1.54) is 0 Å². The predicted octanol–water partition coefficient (Wildman–Crippen LogP) is 1.60. The van der Waals surface area contributed by atoms with Gasteiger partial charge in [-0.05, 0) is 18.8 Å². The second-order valence-corrected chi connectivity index (χ2v) is 4.26. The van der Waals surface area contributed by atoms with Gasteiger partial charge in [-0.25, -0.2) is 8.78 Å². The van der Waals surface area contributed by atoms with Gasteiger partial charge in [0, 0.05) is 19.5 Å². The molecular weight excluding hydrogens is 258 g/mol. The number of hydrogen-bond donors (Lipinski definition) is 1. The third kappa shape index (κ3) is 3.33. The van der Waals surface area contributed by atoms with Gasteiger partial charge in [0.1, 0.15) is 0 Å². The van der Waals surface area contributed by atoms with E-state index in [0.29, 0.717) is 4.90 Å². The zero-order chi connectivity index (χ0) is 13.9. The Labute approximate surface area is 101 Å². The molecule has 1 N–H and O–H groups in total. The lowest BCUT2D eigenvalue weighted by Gasteiger charge is -2.33. The van der Waals surface area contributed by atoms with Gasteiger partial charge >= 0.3 is 18.3 Å². The topological polar surface area (TPSA) is 57.6 Å². The van der Waals surface area contributed by atoms with E-state index in [0.717, 1.165) is 0 Å². The summed E-state index contributed by atoms with van der Waals surface area (Å²) >= 11 is 0. The molecule has 1 saturated heterocycles. The van der Waals surface area contributed by atoms with Crippen LogP contribution in [0.2, 0.25) is 0 Å². The fourth-order valence-electron chi connectivity index (χ4n) is 1.89. The average molecular weight is 271 g/mol. The number of hydrogen-bond acceptors (Lipinski definition) is 2. The van der Waals surface area contributed by atoms with Gasteiger partial charge in [-0.3, -0.25) is 9.59 Å². The van der Waals surface area contributed by atoms with Crippen molar-refractivity contribution in [2.45, 2.75) is 31.6 Å². The molecule has 0 aromatic heterocycles. The van der Waals surface area contributed by atoms with Crippen LogP contribution in [0.4, 0.5) is 17.6 Å². The van der Waals surface area contributed by atoms with E-state index >= 15 is 0 Å². The summed E-state index contributed by atoms with van der Waals surface area (Å²) in [5.74, 6) is -7.75. The predicted molar refractivity (Wildman–Crippen MR) is 52.5 cm³/mol. The molecular formula is C10H13F4NO3. The lowest BCUT2D eigenvalue weighted by atomic mass is 9.93. The first-order chi connectivity index (χ1) is 8.25. The van der Waals surface area contributed by atoms with Crippen molar-refractivity contribution >= 4 is 11.9 Å². The first kappa shape index (κ1) is 14.7. The van der Waals surface area contributed by atoms with E-state index in [9.17, 15) is 27.2 Å². The van der Waals surface area contributed by atoms with E-state index in [1.807, 2.05) is 0 Å². The van der Waals surface area contributed by atoms with Crippen LogP contribution in [0.1, 0.15) is 19.3 Å². The average Bonchev–Trinajstić information content (AvgIpc) is 2.28. The molecule has 0 aliphatic carbocycles. The summed E-state index contributed by atoms with van der Waals surface area (Å²) in [5, 5.41) is 8.54. The molecule has 0 unspecified atom stereocenters. The van der Waals surface area contributed by atoms with Gasteiger partial charge in [-0.2, -0.15) is 8.78 Å². The molecule has 18 heavy (non-hydrogen) atoms. The minimum atomic E-state index is -4.67. The Hall–Kier alpha value is -1.34. The van der Waals surface area contributed by atoms with Crippen LogP contribution in [0.3, 0.4) is 0 Å². The SMILES string of the molecule is O=C(O)CC1CCN(C(=O)C(F)(F)C(F)F)CC1. The van der Waals surface area contributed by atoms with Crippen LogP contribution in [0.25, 0.3) is 0 Å². The van der Waals surface area contributed by atoms with Gasteiger partial charge in [0.15, 0.2) is 0 Å².